The summed E-state index contributed by atoms with van der Waals surface area (Å²) < 4.78 is 23.8. The van der Waals surface area contributed by atoms with E-state index >= 15 is 0 Å². The van der Waals surface area contributed by atoms with E-state index in [0.717, 1.165) is 5.41 Å². The summed E-state index contributed by atoms with van der Waals surface area (Å²) in [4.78, 5) is 0. The van der Waals surface area contributed by atoms with Gasteiger partial charge in [0.15, 0.2) is 0 Å². The van der Waals surface area contributed by atoms with Gasteiger partial charge in [-0.25, -0.2) is 8.42 Å². The summed E-state index contributed by atoms with van der Waals surface area (Å²) in [6, 6.07) is 1.50. The third kappa shape index (κ3) is 2.08. The van der Waals surface area contributed by atoms with E-state index in [4.69, 9.17) is 0 Å². The molecule has 0 aliphatic rings. The molecule has 1 aromatic rings. The zero-order valence-electron chi connectivity index (χ0n) is 5.61. The Balaban J connectivity index is 2.79. The Morgan fingerprint density at radius 3 is 2.91 bits per heavy atom. The van der Waals surface area contributed by atoms with E-state index in [0.29, 0.717) is 5.82 Å². The summed E-state index contributed by atoms with van der Waals surface area (Å²) in [5.74, 6) is 0.324. The highest BCUT2D eigenvalue weighted by atomic mass is 32.2. The molecule has 0 aliphatic heterocycles. The van der Waals surface area contributed by atoms with Crippen LogP contribution in [0.25, 0.3) is 0 Å². The molecule has 2 N–H and O–H groups in total. The van der Waals surface area contributed by atoms with E-state index in [1.807, 2.05) is 0 Å². The molecule has 0 fully saturated rings. The number of hydrogen-bond donors (Lipinski definition) is 2. The van der Waals surface area contributed by atoms with E-state index in [2.05, 4.69) is 21.5 Å². The standard InChI is InChI=1S/C5H7N3O2S/c1-2-11(9,10)8-5-3-4-6-7-5/h2-4H,1H2,(H2,6,7,8). The van der Waals surface area contributed by atoms with Crippen molar-refractivity contribution < 1.29 is 8.42 Å². The number of aromatic nitrogens is 2. The quantitative estimate of drug-likeness (QED) is 0.690. The van der Waals surface area contributed by atoms with Gasteiger partial charge in [0.1, 0.15) is 5.82 Å². The first-order valence-electron chi connectivity index (χ1n) is 2.79. The molecule has 0 aliphatic carbocycles. The Bertz CT molecular complexity index is 327. The van der Waals surface area contributed by atoms with Crippen LogP contribution in [-0.4, -0.2) is 18.6 Å². The fourth-order valence-electron chi connectivity index (χ4n) is 0.508. The summed E-state index contributed by atoms with van der Waals surface area (Å²) in [7, 11) is -3.40. The molecule has 1 heterocycles. The van der Waals surface area contributed by atoms with Gasteiger partial charge in [-0.05, 0) is 0 Å². The highest BCUT2D eigenvalue weighted by Crippen LogP contribution is 2.02. The lowest BCUT2D eigenvalue weighted by Gasteiger charge is -1.97. The fourth-order valence-corrected chi connectivity index (χ4v) is 1.01. The van der Waals surface area contributed by atoms with Crippen molar-refractivity contribution in [3.05, 3.63) is 24.3 Å². The minimum atomic E-state index is -3.40. The van der Waals surface area contributed by atoms with Crippen LogP contribution in [0, 0.1) is 0 Å². The van der Waals surface area contributed by atoms with E-state index in [9.17, 15) is 8.42 Å². The molecule has 0 aromatic carbocycles. The lowest BCUT2D eigenvalue weighted by molar-refractivity contribution is 0.609. The summed E-state index contributed by atoms with van der Waals surface area (Å²) in [5, 5.41) is 6.82. The predicted molar refractivity (Wildman–Crippen MR) is 41.3 cm³/mol. The Morgan fingerprint density at radius 2 is 2.45 bits per heavy atom. The van der Waals surface area contributed by atoms with Gasteiger partial charge in [-0.2, -0.15) is 5.10 Å². The number of H-pyrrole nitrogens is 1. The second kappa shape index (κ2) is 2.75. The van der Waals surface area contributed by atoms with E-state index < -0.39 is 10.0 Å². The number of rotatable bonds is 3. The summed E-state index contributed by atoms with van der Waals surface area (Å²) >= 11 is 0. The first-order valence-corrected chi connectivity index (χ1v) is 4.33. The van der Waals surface area contributed by atoms with Crippen molar-refractivity contribution in [3.63, 3.8) is 0 Å². The molecule has 1 aromatic heterocycles. The molecule has 6 heteroatoms. The molecule has 0 unspecified atom stereocenters. The second-order valence-corrected chi connectivity index (χ2v) is 3.41. The van der Waals surface area contributed by atoms with Crippen molar-refractivity contribution in [2.45, 2.75) is 0 Å². The van der Waals surface area contributed by atoms with Crippen LogP contribution in [0.4, 0.5) is 5.82 Å². The number of sulfonamides is 1. The van der Waals surface area contributed by atoms with Gasteiger partial charge in [-0.1, -0.05) is 6.58 Å². The van der Waals surface area contributed by atoms with Gasteiger partial charge in [-0.15, -0.1) is 0 Å². The third-order valence-corrected chi connectivity index (χ3v) is 1.92. The number of nitrogens with zero attached hydrogens (tertiary/aromatic N) is 1. The van der Waals surface area contributed by atoms with Gasteiger partial charge in [0, 0.05) is 11.5 Å². The Hall–Kier alpha value is -1.30. The molecule has 60 valence electrons. The van der Waals surface area contributed by atoms with E-state index in [-0.39, 0.29) is 0 Å². The molecule has 0 bridgehead atoms. The van der Waals surface area contributed by atoms with Gasteiger partial charge >= 0.3 is 0 Å². The van der Waals surface area contributed by atoms with Crippen molar-refractivity contribution in [3.8, 4) is 0 Å². The summed E-state index contributed by atoms with van der Waals surface area (Å²) in [5.41, 5.74) is 0. The zero-order valence-corrected chi connectivity index (χ0v) is 6.43. The van der Waals surface area contributed by atoms with Crippen molar-refractivity contribution in [2.75, 3.05) is 4.72 Å². The molecule has 5 nitrogen and oxygen atoms in total. The lowest BCUT2D eigenvalue weighted by Crippen LogP contribution is -2.08. The van der Waals surface area contributed by atoms with Gasteiger partial charge in [-0.3, -0.25) is 9.82 Å². The molecule has 1 rings (SSSR count). The normalized spacial score (nSPS) is 10.9. The maximum absolute atomic E-state index is 10.8. The van der Waals surface area contributed by atoms with Crippen molar-refractivity contribution >= 4 is 15.8 Å². The van der Waals surface area contributed by atoms with Crippen LogP contribution in [0.1, 0.15) is 0 Å². The number of anilines is 1. The number of aromatic amines is 1. The van der Waals surface area contributed by atoms with Crippen LogP contribution in [0.3, 0.4) is 0 Å². The van der Waals surface area contributed by atoms with Crippen LogP contribution in [-0.2, 0) is 10.0 Å². The Kier molecular flexibility index (Phi) is 1.95. The van der Waals surface area contributed by atoms with Crippen LogP contribution < -0.4 is 4.72 Å². The van der Waals surface area contributed by atoms with Crippen molar-refractivity contribution in [1.29, 1.82) is 0 Å². The summed E-state index contributed by atoms with van der Waals surface area (Å²) in [6.45, 7) is 3.13. The van der Waals surface area contributed by atoms with Crippen LogP contribution >= 0.6 is 0 Å². The van der Waals surface area contributed by atoms with Crippen molar-refractivity contribution in [2.24, 2.45) is 0 Å². The molecule has 11 heavy (non-hydrogen) atoms. The molecule has 0 saturated heterocycles. The molecule has 0 amide bonds. The van der Waals surface area contributed by atoms with Gasteiger partial charge in [0.2, 0.25) is 0 Å². The molecular weight excluding hydrogens is 166 g/mol. The fraction of sp³-hybridized carbons (Fsp3) is 0. The first-order chi connectivity index (χ1) is 5.14. The minimum Gasteiger partial charge on any atom is -0.264 e. The van der Waals surface area contributed by atoms with Crippen LogP contribution in [0.5, 0.6) is 0 Å². The maximum atomic E-state index is 10.8. The van der Waals surface area contributed by atoms with Gasteiger partial charge < -0.3 is 0 Å². The summed E-state index contributed by atoms with van der Waals surface area (Å²) in [6.07, 6.45) is 1.45. The first kappa shape index (κ1) is 7.80. The molecule has 0 atom stereocenters. The highest BCUT2D eigenvalue weighted by molar-refractivity contribution is 7.95. The minimum absolute atomic E-state index is 0.324. The molecular formula is C5H7N3O2S. The Labute approximate surface area is 64.2 Å². The van der Waals surface area contributed by atoms with Gasteiger partial charge in [0.05, 0.1) is 6.20 Å². The smallest absolute Gasteiger partial charge is 0.255 e. The number of nitrogens with one attached hydrogen (secondary N) is 2. The van der Waals surface area contributed by atoms with Gasteiger partial charge in [0.25, 0.3) is 10.0 Å². The maximum Gasteiger partial charge on any atom is 0.255 e. The number of hydrogen-bond acceptors (Lipinski definition) is 3. The predicted octanol–water partition coefficient (Wildman–Crippen LogP) is 0.295. The second-order valence-electron chi connectivity index (χ2n) is 1.78. The molecule has 0 spiro atoms. The molecule has 0 radical (unpaired) electrons. The largest absolute Gasteiger partial charge is 0.264 e. The lowest BCUT2D eigenvalue weighted by atomic mass is 10.7. The highest BCUT2D eigenvalue weighted by Gasteiger charge is 2.03. The Morgan fingerprint density at radius 1 is 1.73 bits per heavy atom. The van der Waals surface area contributed by atoms with E-state index in [1.165, 1.54) is 12.3 Å². The van der Waals surface area contributed by atoms with Crippen LogP contribution in [0.2, 0.25) is 0 Å². The zero-order chi connectivity index (χ0) is 8.32. The topological polar surface area (TPSA) is 74.8 Å². The average Bonchev–Trinajstić information content (AvgIpc) is 2.39. The third-order valence-electron chi connectivity index (χ3n) is 0.972. The monoisotopic (exact) mass is 173 g/mol. The molecule has 0 saturated carbocycles. The SMILES string of the molecule is C=CS(=O)(=O)Nc1ccn[nH]1. The van der Waals surface area contributed by atoms with Crippen molar-refractivity contribution in [1.82, 2.24) is 10.2 Å². The van der Waals surface area contributed by atoms with Crippen LogP contribution in [0.15, 0.2) is 24.3 Å². The average molecular weight is 173 g/mol. The van der Waals surface area contributed by atoms with E-state index in [1.54, 1.807) is 0 Å².